The molecule has 86 valence electrons. The van der Waals surface area contributed by atoms with Gasteiger partial charge in [0, 0.05) is 6.20 Å². The molecule has 2 rings (SSSR count). The summed E-state index contributed by atoms with van der Waals surface area (Å²) in [6, 6.07) is 4.09. The number of halogens is 1. The quantitative estimate of drug-likeness (QED) is 0.892. The van der Waals surface area contributed by atoms with E-state index in [1.165, 1.54) is 5.56 Å². The Morgan fingerprint density at radius 2 is 2.25 bits per heavy atom. The van der Waals surface area contributed by atoms with Crippen molar-refractivity contribution in [2.45, 2.75) is 26.2 Å². The molecule has 0 saturated heterocycles. The Hall–Kier alpha value is -1.06. The standard InChI is InChI=1S/C12H16ClN3/c1-8(2)11-12(13)16-6-4-9(3-5-14)7-10(16)15-11/h4,6-8H,3,5,14H2,1-2H3. The van der Waals surface area contributed by atoms with Crippen molar-refractivity contribution in [2.75, 3.05) is 6.54 Å². The first-order valence-electron chi connectivity index (χ1n) is 5.50. The minimum absolute atomic E-state index is 0.338. The van der Waals surface area contributed by atoms with Crippen LogP contribution in [0.15, 0.2) is 18.3 Å². The predicted octanol–water partition coefficient (Wildman–Crippen LogP) is 2.61. The average Bonchev–Trinajstić information content (AvgIpc) is 2.56. The summed E-state index contributed by atoms with van der Waals surface area (Å²) in [5.41, 5.74) is 8.59. The molecule has 16 heavy (non-hydrogen) atoms. The zero-order valence-corrected chi connectivity index (χ0v) is 10.3. The Morgan fingerprint density at radius 1 is 1.50 bits per heavy atom. The van der Waals surface area contributed by atoms with Gasteiger partial charge in [-0.15, -0.1) is 0 Å². The third-order valence-corrected chi connectivity index (χ3v) is 3.01. The zero-order chi connectivity index (χ0) is 11.7. The summed E-state index contributed by atoms with van der Waals surface area (Å²) in [6.07, 6.45) is 2.83. The minimum atomic E-state index is 0.338. The van der Waals surface area contributed by atoms with Gasteiger partial charge in [0.1, 0.15) is 10.8 Å². The second-order valence-electron chi connectivity index (χ2n) is 4.24. The molecule has 0 aliphatic heterocycles. The maximum Gasteiger partial charge on any atom is 0.138 e. The molecule has 0 radical (unpaired) electrons. The lowest BCUT2D eigenvalue weighted by Crippen LogP contribution is -2.02. The van der Waals surface area contributed by atoms with Crippen molar-refractivity contribution >= 4 is 17.2 Å². The van der Waals surface area contributed by atoms with Gasteiger partial charge in [-0.05, 0) is 36.6 Å². The molecular formula is C12H16ClN3. The summed E-state index contributed by atoms with van der Waals surface area (Å²) < 4.78 is 1.91. The molecule has 2 aromatic rings. The molecule has 2 aromatic heterocycles. The van der Waals surface area contributed by atoms with Gasteiger partial charge in [0.15, 0.2) is 0 Å². The van der Waals surface area contributed by atoms with Crippen LogP contribution in [-0.4, -0.2) is 15.9 Å². The van der Waals surface area contributed by atoms with E-state index in [-0.39, 0.29) is 0 Å². The van der Waals surface area contributed by atoms with E-state index in [4.69, 9.17) is 17.3 Å². The molecule has 0 amide bonds. The number of imidazole rings is 1. The highest BCUT2D eigenvalue weighted by Gasteiger charge is 2.12. The van der Waals surface area contributed by atoms with Gasteiger partial charge in [-0.1, -0.05) is 25.4 Å². The monoisotopic (exact) mass is 237 g/mol. The lowest BCUT2D eigenvalue weighted by Gasteiger charge is -2.00. The third kappa shape index (κ3) is 1.93. The summed E-state index contributed by atoms with van der Waals surface area (Å²) in [5, 5.41) is 0.712. The van der Waals surface area contributed by atoms with E-state index in [0.29, 0.717) is 17.6 Å². The van der Waals surface area contributed by atoms with E-state index in [1.54, 1.807) is 0 Å². The smallest absolute Gasteiger partial charge is 0.138 e. The lowest BCUT2D eigenvalue weighted by atomic mass is 10.2. The number of rotatable bonds is 3. The molecule has 0 saturated carbocycles. The van der Waals surface area contributed by atoms with Crippen LogP contribution in [0, 0.1) is 0 Å². The molecule has 0 fully saturated rings. The average molecular weight is 238 g/mol. The van der Waals surface area contributed by atoms with Gasteiger partial charge in [0.05, 0.1) is 5.69 Å². The molecule has 0 atom stereocenters. The van der Waals surface area contributed by atoms with Crippen LogP contribution in [0.2, 0.25) is 5.15 Å². The van der Waals surface area contributed by atoms with Crippen LogP contribution < -0.4 is 5.73 Å². The second-order valence-corrected chi connectivity index (χ2v) is 4.60. The Labute approximate surface area is 100 Å². The van der Waals surface area contributed by atoms with Crippen LogP contribution in [0.25, 0.3) is 5.65 Å². The van der Waals surface area contributed by atoms with E-state index >= 15 is 0 Å². The summed E-state index contributed by atoms with van der Waals surface area (Å²) >= 11 is 6.26. The van der Waals surface area contributed by atoms with Gasteiger partial charge in [-0.3, -0.25) is 4.40 Å². The number of nitrogens with two attached hydrogens (primary N) is 1. The van der Waals surface area contributed by atoms with Gasteiger partial charge in [0.2, 0.25) is 0 Å². The fourth-order valence-corrected chi connectivity index (χ4v) is 2.17. The van der Waals surface area contributed by atoms with Gasteiger partial charge in [-0.25, -0.2) is 4.98 Å². The molecule has 0 bridgehead atoms. The number of hydrogen-bond acceptors (Lipinski definition) is 2. The topological polar surface area (TPSA) is 43.3 Å². The van der Waals surface area contributed by atoms with E-state index in [1.807, 2.05) is 22.7 Å². The van der Waals surface area contributed by atoms with Crippen molar-refractivity contribution in [2.24, 2.45) is 5.73 Å². The fourth-order valence-electron chi connectivity index (χ4n) is 1.76. The normalized spacial score (nSPS) is 11.6. The summed E-state index contributed by atoms with van der Waals surface area (Å²) in [7, 11) is 0. The first-order valence-corrected chi connectivity index (χ1v) is 5.87. The Kier molecular flexibility index (Phi) is 3.17. The van der Waals surface area contributed by atoms with Gasteiger partial charge in [-0.2, -0.15) is 0 Å². The van der Waals surface area contributed by atoms with Crippen LogP contribution in [0.1, 0.15) is 31.0 Å². The van der Waals surface area contributed by atoms with E-state index < -0.39 is 0 Å². The molecule has 2 heterocycles. The molecule has 0 aliphatic carbocycles. The van der Waals surface area contributed by atoms with E-state index in [9.17, 15) is 0 Å². The van der Waals surface area contributed by atoms with Crippen LogP contribution in [0.5, 0.6) is 0 Å². The van der Waals surface area contributed by atoms with E-state index in [0.717, 1.165) is 17.8 Å². The van der Waals surface area contributed by atoms with Crippen LogP contribution >= 0.6 is 11.6 Å². The number of nitrogens with zero attached hydrogens (tertiary/aromatic N) is 2. The third-order valence-electron chi connectivity index (χ3n) is 2.64. The molecule has 4 heteroatoms. The first-order chi connectivity index (χ1) is 7.63. The SMILES string of the molecule is CC(C)c1nc2cc(CCN)ccn2c1Cl. The zero-order valence-electron chi connectivity index (χ0n) is 9.57. The van der Waals surface area contributed by atoms with Crippen molar-refractivity contribution < 1.29 is 0 Å². The van der Waals surface area contributed by atoms with Crippen molar-refractivity contribution in [1.82, 2.24) is 9.38 Å². The van der Waals surface area contributed by atoms with Crippen molar-refractivity contribution in [3.63, 3.8) is 0 Å². The van der Waals surface area contributed by atoms with Gasteiger partial charge in [0.25, 0.3) is 0 Å². The summed E-state index contributed by atoms with van der Waals surface area (Å²) in [4.78, 5) is 4.54. The van der Waals surface area contributed by atoms with Crippen molar-refractivity contribution in [1.29, 1.82) is 0 Å². The maximum absolute atomic E-state index is 6.26. The molecule has 0 spiro atoms. The second kappa shape index (κ2) is 4.44. The number of aromatic nitrogens is 2. The fraction of sp³-hybridized carbons (Fsp3) is 0.417. The Morgan fingerprint density at radius 3 is 2.88 bits per heavy atom. The largest absolute Gasteiger partial charge is 0.330 e. The number of pyridine rings is 1. The molecule has 2 N–H and O–H groups in total. The number of hydrogen-bond donors (Lipinski definition) is 1. The van der Waals surface area contributed by atoms with Gasteiger partial charge >= 0.3 is 0 Å². The summed E-state index contributed by atoms with van der Waals surface area (Å²) in [6.45, 7) is 4.84. The van der Waals surface area contributed by atoms with Gasteiger partial charge < -0.3 is 5.73 Å². The number of fused-ring (bicyclic) bond motifs is 1. The Balaban J connectivity index is 2.54. The molecule has 3 nitrogen and oxygen atoms in total. The van der Waals surface area contributed by atoms with Crippen molar-refractivity contribution in [3.05, 3.63) is 34.7 Å². The highest BCUT2D eigenvalue weighted by Crippen LogP contribution is 2.25. The van der Waals surface area contributed by atoms with Crippen LogP contribution in [-0.2, 0) is 6.42 Å². The molecule has 0 aromatic carbocycles. The van der Waals surface area contributed by atoms with Crippen LogP contribution in [0.4, 0.5) is 0 Å². The van der Waals surface area contributed by atoms with Crippen LogP contribution in [0.3, 0.4) is 0 Å². The van der Waals surface area contributed by atoms with Crippen molar-refractivity contribution in [3.8, 4) is 0 Å². The lowest BCUT2D eigenvalue weighted by molar-refractivity contribution is 0.834. The van der Waals surface area contributed by atoms with E-state index in [2.05, 4.69) is 18.8 Å². The molecular weight excluding hydrogens is 222 g/mol. The Bertz CT molecular complexity index is 502. The minimum Gasteiger partial charge on any atom is -0.330 e. The maximum atomic E-state index is 6.26. The highest BCUT2D eigenvalue weighted by molar-refractivity contribution is 6.30. The predicted molar refractivity (Wildman–Crippen MR) is 67.0 cm³/mol. The molecule has 0 unspecified atom stereocenters. The summed E-state index contributed by atoms with van der Waals surface area (Å²) in [5.74, 6) is 0.338. The highest BCUT2D eigenvalue weighted by atomic mass is 35.5. The first kappa shape index (κ1) is 11.4. The molecule has 0 aliphatic rings.